The SMILES string of the molecule is c1ccc2c(c1)c1ccccc1n2C1NCCC2C1CCN2C1=NC2SC3NC(N4CCC5C4CCNC5n4c5ccccc5c5ccccc54)CCC3C2CC1. The zero-order chi connectivity index (χ0) is 37.2. The number of hydrogen-bond donors (Lipinski definition) is 3. The third-order valence-electron chi connectivity index (χ3n) is 15.9. The number of aliphatic imine (C=N–C) groups is 1. The maximum Gasteiger partial charge on any atom is 0.102 e. The van der Waals surface area contributed by atoms with Crippen LogP contribution < -0.4 is 16.0 Å². The van der Waals surface area contributed by atoms with E-state index >= 15 is 0 Å². The molecule has 11 atom stereocenters. The number of likely N-dealkylation sites (tertiary alicyclic amines) is 2. The summed E-state index contributed by atoms with van der Waals surface area (Å²) in [7, 11) is 0. The first-order valence-corrected chi connectivity index (χ1v) is 23.2. The molecule has 6 saturated heterocycles. The number of benzene rings is 4. The standard InChI is InChI=1S/C48H54N8S/c1-5-13-39-29(9-1)30-10-2-6-14-40(30)55(39)45-35-23-27-53(37(35)21-25-49-45)43-19-17-33-34-18-20-44(52-48(34)57-47(33)51-43)54-28-24-36-38(54)22-26-50-46(36)56-41-15-7-3-11-31(41)32-12-4-8-16-42(32)56/h1-16,33-38,43,45-51H,17-28H2. The Morgan fingerprint density at radius 1 is 0.526 bits per heavy atom. The van der Waals surface area contributed by atoms with Gasteiger partial charge in [-0.15, -0.1) is 11.8 Å². The second-order valence-corrected chi connectivity index (χ2v) is 19.5. The van der Waals surface area contributed by atoms with Gasteiger partial charge < -0.3 is 14.0 Å². The second kappa shape index (κ2) is 13.3. The van der Waals surface area contributed by atoms with Gasteiger partial charge in [0.05, 0.1) is 45.9 Å². The van der Waals surface area contributed by atoms with E-state index in [2.05, 4.69) is 144 Å². The molecule has 0 amide bonds. The molecular formula is C48H54N8S. The molecule has 2 aromatic heterocycles. The molecule has 9 heterocycles. The van der Waals surface area contributed by atoms with E-state index in [1.165, 1.54) is 101 Å². The molecule has 7 aliphatic heterocycles. The van der Waals surface area contributed by atoms with Crippen LogP contribution in [0.25, 0.3) is 43.6 Å². The molecule has 57 heavy (non-hydrogen) atoms. The fourth-order valence-corrected chi connectivity index (χ4v) is 15.3. The maximum atomic E-state index is 5.72. The average Bonchev–Trinajstić information content (AvgIpc) is 4.09. The smallest absolute Gasteiger partial charge is 0.102 e. The van der Waals surface area contributed by atoms with E-state index in [1.54, 1.807) is 0 Å². The van der Waals surface area contributed by atoms with Crippen LogP contribution in [0.4, 0.5) is 0 Å². The van der Waals surface area contributed by atoms with Crippen molar-refractivity contribution in [2.75, 3.05) is 26.2 Å². The average molecular weight is 775 g/mol. The first-order chi connectivity index (χ1) is 28.3. The second-order valence-electron chi connectivity index (χ2n) is 18.3. The number of hydrogen-bond acceptors (Lipinski definition) is 7. The van der Waals surface area contributed by atoms with Crippen molar-refractivity contribution in [3.63, 3.8) is 0 Å². The Bertz CT molecular complexity index is 2430. The topological polar surface area (TPSA) is 64.8 Å². The number of aromatic nitrogens is 2. The molecule has 9 heteroatoms. The van der Waals surface area contributed by atoms with Gasteiger partial charge in [-0.25, -0.2) is 0 Å². The highest BCUT2D eigenvalue weighted by Gasteiger charge is 2.52. The monoisotopic (exact) mass is 774 g/mol. The Kier molecular flexibility index (Phi) is 7.96. The molecule has 4 aromatic carbocycles. The summed E-state index contributed by atoms with van der Waals surface area (Å²) >= 11 is 2.18. The lowest BCUT2D eigenvalue weighted by Crippen LogP contribution is -2.57. The van der Waals surface area contributed by atoms with Gasteiger partial charge >= 0.3 is 0 Å². The van der Waals surface area contributed by atoms with Crippen molar-refractivity contribution in [2.24, 2.45) is 28.7 Å². The number of para-hydroxylation sites is 4. The predicted molar refractivity (Wildman–Crippen MR) is 234 cm³/mol. The predicted octanol–water partition coefficient (Wildman–Crippen LogP) is 8.50. The first-order valence-electron chi connectivity index (χ1n) is 22.2. The summed E-state index contributed by atoms with van der Waals surface area (Å²) in [6.45, 7) is 4.47. The highest BCUT2D eigenvalue weighted by atomic mass is 32.2. The van der Waals surface area contributed by atoms with E-state index in [4.69, 9.17) is 4.99 Å². The number of piperidine rings is 3. The molecule has 3 N–H and O–H groups in total. The van der Waals surface area contributed by atoms with E-state index in [1.807, 2.05) is 0 Å². The fourth-order valence-electron chi connectivity index (χ4n) is 13.5. The van der Waals surface area contributed by atoms with Gasteiger partial charge in [-0.05, 0) is 94.1 Å². The zero-order valence-corrected chi connectivity index (χ0v) is 33.5. The summed E-state index contributed by atoms with van der Waals surface area (Å²) < 4.78 is 5.29. The van der Waals surface area contributed by atoms with Crippen LogP contribution in [-0.2, 0) is 0 Å². The van der Waals surface area contributed by atoms with E-state index < -0.39 is 0 Å². The van der Waals surface area contributed by atoms with E-state index in [0.29, 0.717) is 59.1 Å². The number of amidine groups is 1. The van der Waals surface area contributed by atoms with Crippen LogP contribution in [0, 0.1) is 23.7 Å². The number of nitrogens with one attached hydrogen (secondary N) is 3. The highest BCUT2D eigenvalue weighted by molar-refractivity contribution is 8.00. The quantitative estimate of drug-likeness (QED) is 0.168. The third kappa shape index (κ3) is 5.11. The van der Waals surface area contributed by atoms with E-state index in [9.17, 15) is 0 Å². The van der Waals surface area contributed by atoms with Crippen molar-refractivity contribution in [3.05, 3.63) is 97.1 Å². The van der Waals surface area contributed by atoms with Gasteiger partial charge in [0.15, 0.2) is 0 Å². The number of fused-ring (bicyclic) bond motifs is 11. The van der Waals surface area contributed by atoms with Crippen LogP contribution in [0.3, 0.4) is 0 Å². The van der Waals surface area contributed by atoms with Crippen LogP contribution in [0.15, 0.2) is 102 Å². The summed E-state index contributed by atoms with van der Waals surface area (Å²) in [6.07, 6.45) is 11.1. The lowest BCUT2D eigenvalue weighted by Gasteiger charge is -2.45. The number of thioether (sulfide) groups is 1. The van der Waals surface area contributed by atoms with Crippen LogP contribution in [-0.4, -0.2) is 79.9 Å². The van der Waals surface area contributed by atoms with Gasteiger partial charge in [0, 0.05) is 65.0 Å². The molecule has 0 radical (unpaired) electrons. The Hall–Kier alpha value is -3.86. The van der Waals surface area contributed by atoms with E-state index in [0.717, 1.165) is 32.0 Å². The molecule has 0 bridgehead atoms. The van der Waals surface area contributed by atoms with E-state index in [-0.39, 0.29) is 0 Å². The molecule has 0 saturated carbocycles. The van der Waals surface area contributed by atoms with Crippen molar-refractivity contribution < 1.29 is 0 Å². The largest absolute Gasteiger partial charge is 0.357 e. The lowest BCUT2D eigenvalue weighted by atomic mass is 9.81. The Balaban J connectivity index is 0.722. The minimum absolute atomic E-state index is 0.308. The summed E-state index contributed by atoms with van der Waals surface area (Å²) in [5, 5.41) is 18.7. The maximum absolute atomic E-state index is 5.72. The molecule has 6 aromatic rings. The number of nitrogens with zero attached hydrogens (tertiary/aromatic N) is 5. The van der Waals surface area contributed by atoms with Crippen molar-refractivity contribution in [1.29, 1.82) is 0 Å². The molecule has 292 valence electrons. The Morgan fingerprint density at radius 3 is 1.68 bits per heavy atom. The molecule has 6 fully saturated rings. The van der Waals surface area contributed by atoms with Crippen LogP contribution >= 0.6 is 11.8 Å². The zero-order valence-electron chi connectivity index (χ0n) is 32.7. The van der Waals surface area contributed by atoms with Gasteiger partial charge in [-0.3, -0.25) is 25.8 Å². The van der Waals surface area contributed by atoms with Gasteiger partial charge in [0.1, 0.15) is 11.2 Å². The summed E-state index contributed by atoms with van der Waals surface area (Å²) in [4.78, 5) is 11.4. The van der Waals surface area contributed by atoms with Crippen molar-refractivity contribution in [1.82, 2.24) is 34.9 Å². The normalized spacial score (nSPS) is 35.5. The van der Waals surface area contributed by atoms with Crippen LogP contribution in [0.5, 0.6) is 0 Å². The van der Waals surface area contributed by atoms with Crippen molar-refractivity contribution in [3.8, 4) is 0 Å². The minimum atomic E-state index is 0.308. The van der Waals surface area contributed by atoms with Crippen LogP contribution in [0.1, 0.15) is 63.7 Å². The third-order valence-corrected chi connectivity index (χ3v) is 17.4. The number of rotatable bonds is 3. The van der Waals surface area contributed by atoms with Gasteiger partial charge in [0.2, 0.25) is 0 Å². The Labute approximate surface area is 339 Å². The summed E-state index contributed by atoms with van der Waals surface area (Å²) in [5.41, 5.74) is 5.45. The summed E-state index contributed by atoms with van der Waals surface area (Å²) in [5.74, 6) is 4.05. The molecular weight excluding hydrogens is 721 g/mol. The lowest BCUT2D eigenvalue weighted by molar-refractivity contribution is 0.0544. The molecule has 0 spiro atoms. The molecule has 8 nitrogen and oxygen atoms in total. The molecule has 0 aliphatic carbocycles. The molecule has 11 unspecified atom stereocenters. The Morgan fingerprint density at radius 2 is 1.07 bits per heavy atom. The highest BCUT2D eigenvalue weighted by Crippen LogP contribution is 2.53. The fraction of sp³-hybridized carbons (Fsp3) is 0.479. The van der Waals surface area contributed by atoms with Gasteiger partial charge in [0.25, 0.3) is 0 Å². The summed E-state index contributed by atoms with van der Waals surface area (Å²) in [6, 6.07) is 37.3. The van der Waals surface area contributed by atoms with Crippen molar-refractivity contribution >= 4 is 61.2 Å². The van der Waals surface area contributed by atoms with Gasteiger partial charge in [-0.2, -0.15) is 0 Å². The minimum Gasteiger partial charge on any atom is -0.357 e. The van der Waals surface area contributed by atoms with Crippen LogP contribution in [0.2, 0.25) is 0 Å². The van der Waals surface area contributed by atoms with Gasteiger partial charge in [-0.1, -0.05) is 72.8 Å². The molecule has 13 rings (SSSR count). The van der Waals surface area contributed by atoms with Crippen molar-refractivity contribution in [2.45, 2.75) is 92.7 Å². The molecule has 7 aliphatic rings. The first kappa shape index (κ1) is 34.0.